The number of sulfone groups is 1. The summed E-state index contributed by atoms with van der Waals surface area (Å²) < 4.78 is 28.1. The molecule has 2 N–H and O–H groups in total. The summed E-state index contributed by atoms with van der Waals surface area (Å²) in [6, 6.07) is 7.12. The number of carbonyl (C=O) groups excluding carboxylic acids is 1. The Morgan fingerprint density at radius 1 is 1.32 bits per heavy atom. The predicted octanol–water partition coefficient (Wildman–Crippen LogP) is 1.21. The molecule has 122 valence electrons. The van der Waals surface area contributed by atoms with Crippen molar-refractivity contribution in [1.82, 2.24) is 10.6 Å². The number of carbonyl (C=O) groups is 1. The van der Waals surface area contributed by atoms with Crippen molar-refractivity contribution < 1.29 is 17.9 Å². The maximum absolute atomic E-state index is 11.9. The van der Waals surface area contributed by atoms with Crippen LogP contribution in [0.15, 0.2) is 24.3 Å². The molecule has 0 aliphatic carbocycles. The van der Waals surface area contributed by atoms with Crippen LogP contribution in [0.5, 0.6) is 0 Å². The molecule has 1 aromatic carbocycles. The third kappa shape index (κ3) is 4.99. The highest BCUT2D eigenvalue weighted by atomic mass is 32.2. The third-order valence-electron chi connectivity index (χ3n) is 3.59. The average molecular weight is 326 g/mol. The van der Waals surface area contributed by atoms with Gasteiger partial charge in [-0.2, -0.15) is 0 Å². The Kier molecular flexibility index (Phi) is 5.79. The lowest BCUT2D eigenvalue weighted by Crippen LogP contribution is -2.42. The van der Waals surface area contributed by atoms with Gasteiger partial charge in [-0.25, -0.2) is 13.2 Å². The molecule has 7 heteroatoms. The van der Waals surface area contributed by atoms with E-state index in [1.54, 1.807) is 0 Å². The molecule has 1 aliphatic heterocycles. The molecule has 0 saturated carbocycles. The van der Waals surface area contributed by atoms with Crippen molar-refractivity contribution in [1.29, 1.82) is 0 Å². The fourth-order valence-electron chi connectivity index (χ4n) is 2.40. The molecule has 22 heavy (non-hydrogen) atoms. The van der Waals surface area contributed by atoms with Gasteiger partial charge in [0.1, 0.15) is 0 Å². The zero-order valence-electron chi connectivity index (χ0n) is 12.7. The quantitative estimate of drug-likeness (QED) is 0.823. The molecule has 6 nitrogen and oxygen atoms in total. The number of hydrogen-bond acceptors (Lipinski definition) is 4. The summed E-state index contributed by atoms with van der Waals surface area (Å²) in [6.45, 7) is 3.47. The van der Waals surface area contributed by atoms with Crippen LogP contribution in [0.3, 0.4) is 0 Å². The molecule has 0 spiro atoms. The van der Waals surface area contributed by atoms with E-state index >= 15 is 0 Å². The summed E-state index contributed by atoms with van der Waals surface area (Å²) >= 11 is 0. The van der Waals surface area contributed by atoms with Crippen LogP contribution in [0.4, 0.5) is 4.79 Å². The maximum Gasteiger partial charge on any atom is 0.315 e. The molecule has 1 aromatic rings. The number of amides is 2. The first-order valence-electron chi connectivity index (χ1n) is 7.39. The normalized spacial score (nSPS) is 19.8. The lowest BCUT2D eigenvalue weighted by atomic mass is 10.1. The molecule has 0 aromatic heterocycles. The van der Waals surface area contributed by atoms with Crippen LogP contribution >= 0.6 is 0 Å². The third-order valence-corrected chi connectivity index (χ3v) is 5.36. The zero-order valence-corrected chi connectivity index (χ0v) is 13.5. The number of nitrogens with one attached hydrogen (secondary N) is 2. The number of rotatable bonds is 6. The van der Waals surface area contributed by atoms with Gasteiger partial charge < -0.3 is 15.4 Å². The molecule has 0 radical (unpaired) electrons. The molecular weight excluding hydrogens is 304 g/mol. The highest BCUT2D eigenvalue weighted by molar-refractivity contribution is 7.91. The van der Waals surface area contributed by atoms with E-state index in [4.69, 9.17) is 4.74 Å². The number of hydrogen-bond donors (Lipinski definition) is 2. The van der Waals surface area contributed by atoms with Crippen molar-refractivity contribution in [2.24, 2.45) is 0 Å². The number of ether oxygens (including phenoxy) is 1. The first-order chi connectivity index (χ1) is 10.5. The Balaban J connectivity index is 1.84. The van der Waals surface area contributed by atoms with Crippen LogP contribution in [0, 0.1) is 0 Å². The summed E-state index contributed by atoms with van der Waals surface area (Å²) in [4.78, 5) is 11.9. The van der Waals surface area contributed by atoms with E-state index in [0.29, 0.717) is 26.2 Å². The summed E-state index contributed by atoms with van der Waals surface area (Å²) in [6.07, 6.45) is 0.483. The topological polar surface area (TPSA) is 84.5 Å². The Morgan fingerprint density at radius 3 is 2.68 bits per heavy atom. The SMILES string of the molecule is CCOCc1ccccc1CNC(=O)NC1CCS(=O)(=O)C1. The molecular formula is C15H22N2O4S. The van der Waals surface area contributed by atoms with Crippen molar-refractivity contribution in [3.05, 3.63) is 35.4 Å². The summed E-state index contributed by atoms with van der Waals surface area (Å²) in [5.74, 6) is 0.177. The van der Waals surface area contributed by atoms with E-state index in [1.807, 2.05) is 31.2 Å². The lowest BCUT2D eigenvalue weighted by Gasteiger charge is -2.14. The van der Waals surface area contributed by atoms with Crippen LogP contribution < -0.4 is 10.6 Å². The van der Waals surface area contributed by atoms with Crippen molar-refractivity contribution in [3.8, 4) is 0 Å². The molecule has 1 atom stereocenters. The molecule has 1 aliphatic rings. The van der Waals surface area contributed by atoms with Gasteiger partial charge in [0.25, 0.3) is 0 Å². The van der Waals surface area contributed by atoms with Crippen LogP contribution in [-0.4, -0.2) is 38.6 Å². The first kappa shape index (κ1) is 16.8. The monoisotopic (exact) mass is 326 g/mol. The van der Waals surface area contributed by atoms with Crippen LogP contribution in [-0.2, 0) is 27.7 Å². The van der Waals surface area contributed by atoms with Gasteiger partial charge in [0, 0.05) is 19.2 Å². The fourth-order valence-corrected chi connectivity index (χ4v) is 4.08. The van der Waals surface area contributed by atoms with Gasteiger partial charge in [0.05, 0.1) is 18.1 Å². The second-order valence-corrected chi connectivity index (χ2v) is 7.56. The van der Waals surface area contributed by atoms with E-state index in [9.17, 15) is 13.2 Å². The first-order valence-corrected chi connectivity index (χ1v) is 9.21. The number of benzene rings is 1. The second-order valence-electron chi connectivity index (χ2n) is 5.33. The Hall–Kier alpha value is -1.60. The highest BCUT2D eigenvalue weighted by Gasteiger charge is 2.28. The molecule has 1 fully saturated rings. The van der Waals surface area contributed by atoms with Gasteiger partial charge in [0.2, 0.25) is 0 Å². The van der Waals surface area contributed by atoms with Crippen molar-refractivity contribution in [2.75, 3.05) is 18.1 Å². The molecule has 0 bridgehead atoms. The maximum atomic E-state index is 11.9. The van der Waals surface area contributed by atoms with Crippen LogP contribution in [0.2, 0.25) is 0 Å². The van der Waals surface area contributed by atoms with E-state index in [1.165, 1.54) is 0 Å². The van der Waals surface area contributed by atoms with Crippen LogP contribution in [0.25, 0.3) is 0 Å². The predicted molar refractivity (Wildman–Crippen MR) is 84.2 cm³/mol. The van der Waals surface area contributed by atoms with E-state index in [-0.39, 0.29) is 23.6 Å². The molecule has 2 rings (SSSR count). The zero-order chi connectivity index (χ0) is 16.0. The minimum Gasteiger partial charge on any atom is -0.377 e. The summed E-state index contributed by atoms with van der Waals surface area (Å²) in [5.41, 5.74) is 2.03. The number of urea groups is 1. The Morgan fingerprint density at radius 2 is 2.05 bits per heavy atom. The minimum absolute atomic E-state index is 0.0291. The van der Waals surface area contributed by atoms with Crippen molar-refractivity contribution in [3.63, 3.8) is 0 Å². The molecule has 1 unspecified atom stereocenters. The smallest absolute Gasteiger partial charge is 0.315 e. The lowest BCUT2D eigenvalue weighted by molar-refractivity contribution is 0.133. The highest BCUT2D eigenvalue weighted by Crippen LogP contribution is 2.12. The molecule has 1 heterocycles. The van der Waals surface area contributed by atoms with Gasteiger partial charge >= 0.3 is 6.03 Å². The van der Waals surface area contributed by atoms with Gasteiger partial charge in [-0.15, -0.1) is 0 Å². The van der Waals surface area contributed by atoms with Gasteiger partial charge in [-0.3, -0.25) is 0 Å². The van der Waals surface area contributed by atoms with Gasteiger partial charge in [-0.05, 0) is 24.5 Å². The van der Waals surface area contributed by atoms with E-state index in [2.05, 4.69) is 10.6 Å². The fraction of sp³-hybridized carbons (Fsp3) is 0.533. The van der Waals surface area contributed by atoms with Gasteiger partial charge in [0.15, 0.2) is 9.84 Å². The van der Waals surface area contributed by atoms with Crippen LogP contribution in [0.1, 0.15) is 24.5 Å². The standard InChI is InChI=1S/C15H22N2O4S/c1-2-21-10-13-6-4-3-5-12(13)9-16-15(18)17-14-7-8-22(19,20)11-14/h3-6,14H,2,7-11H2,1H3,(H2,16,17,18). The second kappa shape index (κ2) is 7.60. The molecule has 2 amide bonds. The Labute approximate surface area is 131 Å². The van der Waals surface area contributed by atoms with Gasteiger partial charge in [-0.1, -0.05) is 24.3 Å². The average Bonchev–Trinajstić information content (AvgIpc) is 2.82. The summed E-state index contributed by atoms with van der Waals surface area (Å²) in [5, 5.41) is 5.48. The van der Waals surface area contributed by atoms with E-state index < -0.39 is 9.84 Å². The summed E-state index contributed by atoms with van der Waals surface area (Å²) in [7, 11) is -2.98. The minimum atomic E-state index is -2.98. The van der Waals surface area contributed by atoms with Crippen molar-refractivity contribution >= 4 is 15.9 Å². The molecule has 1 saturated heterocycles. The van der Waals surface area contributed by atoms with Crippen molar-refractivity contribution in [2.45, 2.75) is 32.5 Å². The van der Waals surface area contributed by atoms with E-state index in [0.717, 1.165) is 11.1 Å². The Bertz CT molecular complexity index is 616. The largest absolute Gasteiger partial charge is 0.377 e.